The van der Waals surface area contributed by atoms with Crippen molar-refractivity contribution in [3.8, 4) is 0 Å². The van der Waals surface area contributed by atoms with Gasteiger partial charge >= 0.3 is 5.97 Å². The van der Waals surface area contributed by atoms with Crippen LogP contribution in [0.15, 0.2) is 30.3 Å². The number of rotatable bonds is 6. The second-order valence-corrected chi connectivity index (χ2v) is 3.93. The van der Waals surface area contributed by atoms with Gasteiger partial charge < -0.3 is 5.11 Å². The molecule has 0 aliphatic heterocycles. The van der Waals surface area contributed by atoms with E-state index in [9.17, 15) is 9.90 Å². The Morgan fingerprint density at radius 2 is 1.81 bits per heavy atom. The Balaban J connectivity index is 2.67. The maximum atomic E-state index is 11.2. The number of carboxylic acid groups (broad SMARTS) is 1. The Kier molecular flexibility index (Phi) is 4.50. The first kappa shape index (κ1) is 12.7. The smallest absolute Gasteiger partial charge is 0.323 e. The quantitative estimate of drug-likeness (QED) is 0.775. The van der Waals surface area contributed by atoms with Crippen molar-refractivity contribution in [2.75, 3.05) is 0 Å². The van der Waals surface area contributed by atoms with Crippen LogP contribution in [0.25, 0.3) is 0 Å². The minimum absolute atomic E-state index is 0.589. The molecule has 0 aliphatic carbocycles. The number of aliphatic carboxylic acids is 1. The SMILES string of the molecule is CCC(CC)(NCc1ccccc1)C(=O)O. The molecule has 0 unspecified atom stereocenters. The Labute approximate surface area is 96.5 Å². The first-order chi connectivity index (χ1) is 7.64. The second kappa shape index (κ2) is 5.66. The van der Waals surface area contributed by atoms with Crippen LogP contribution >= 0.6 is 0 Å². The molecule has 0 atom stereocenters. The Morgan fingerprint density at radius 3 is 2.25 bits per heavy atom. The number of hydrogen-bond acceptors (Lipinski definition) is 2. The Hall–Kier alpha value is -1.35. The van der Waals surface area contributed by atoms with Crippen molar-refractivity contribution < 1.29 is 9.90 Å². The summed E-state index contributed by atoms with van der Waals surface area (Å²) in [6.07, 6.45) is 1.18. The third-order valence-electron chi connectivity index (χ3n) is 3.09. The average Bonchev–Trinajstić information content (AvgIpc) is 2.32. The molecule has 1 rings (SSSR count). The van der Waals surface area contributed by atoms with Crippen molar-refractivity contribution in [2.24, 2.45) is 0 Å². The molecule has 0 saturated heterocycles. The molecule has 0 bridgehead atoms. The van der Waals surface area contributed by atoms with E-state index in [1.54, 1.807) is 0 Å². The van der Waals surface area contributed by atoms with Gasteiger partial charge in [-0.15, -0.1) is 0 Å². The van der Waals surface area contributed by atoms with Gasteiger partial charge in [0.15, 0.2) is 0 Å². The number of hydrogen-bond donors (Lipinski definition) is 2. The van der Waals surface area contributed by atoms with Crippen LogP contribution in [0.1, 0.15) is 32.3 Å². The fraction of sp³-hybridized carbons (Fsp3) is 0.462. The van der Waals surface area contributed by atoms with Gasteiger partial charge in [-0.1, -0.05) is 44.2 Å². The third-order valence-corrected chi connectivity index (χ3v) is 3.09. The molecule has 0 spiro atoms. The Bertz CT molecular complexity index is 331. The molecule has 0 saturated carbocycles. The van der Waals surface area contributed by atoms with Crippen LogP contribution < -0.4 is 5.32 Å². The fourth-order valence-electron chi connectivity index (χ4n) is 1.75. The van der Waals surface area contributed by atoms with E-state index in [0.717, 1.165) is 5.56 Å². The van der Waals surface area contributed by atoms with Gasteiger partial charge in [0, 0.05) is 6.54 Å². The van der Waals surface area contributed by atoms with Crippen LogP contribution in [-0.4, -0.2) is 16.6 Å². The molecular formula is C13H19NO2. The zero-order valence-electron chi connectivity index (χ0n) is 9.86. The molecule has 0 fully saturated rings. The molecular weight excluding hydrogens is 202 g/mol. The van der Waals surface area contributed by atoms with Crippen LogP contribution in [-0.2, 0) is 11.3 Å². The van der Waals surface area contributed by atoms with Gasteiger partial charge in [0.05, 0.1) is 0 Å². The van der Waals surface area contributed by atoms with E-state index < -0.39 is 11.5 Å². The highest BCUT2D eigenvalue weighted by Crippen LogP contribution is 2.16. The third kappa shape index (κ3) is 2.83. The summed E-state index contributed by atoms with van der Waals surface area (Å²) in [5.41, 5.74) is 0.311. The molecule has 1 aromatic carbocycles. The maximum absolute atomic E-state index is 11.2. The van der Waals surface area contributed by atoms with Gasteiger partial charge in [0.1, 0.15) is 5.54 Å². The predicted octanol–water partition coefficient (Wildman–Crippen LogP) is 2.42. The normalized spacial score (nSPS) is 11.4. The summed E-state index contributed by atoms with van der Waals surface area (Å²) in [6.45, 7) is 4.39. The van der Waals surface area contributed by atoms with Crippen molar-refractivity contribution in [3.63, 3.8) is 0 Å². The fourth-order valence-corrected chi connectivity index (χ4v) is 1.75. The zero-order valence-corrected chi connectivity index (χ0v) is 9.86. The van der Waals surface area contributed by atoms with Gasteiger partial charge in [-0.05, 0) is 18.4 Å². The van der Waals surface area contributed by atoms with Crippen molar-refractivity contribution in [2.45, 2.75) is 38.8 Å². The topological polar surface area (TPSA) is 49.3 Å². The van der Waals surface area contributed by atoms with E-state index in [0.29, 0.717) is 19.4 Å². The highest BCUT2D eigenvalue weighted by molar-refractivity contribution is 5.78. The van der Waals surface area contributed by atoms with Gasteiger partial charge in [-0.3, -0.25) is 10.1 Å². The first-order valence-electron chi connectivity index (χ1n) is 5.67. The molecule has 1 aromatic rings. The summed E-state index contributed by atoms with van der Waals surface area (Å²) in [7, 11) is 0. The van der Waals surface area contributed by atoms with E-state index in [2.05, 4.69) is 5.32 Å². The molecule has 16 heavy (non-hydrogen) atoms. The van der Waals surface area contributed by atoms with E-state index in [1.165, 1.54) is 0 Å². The number of nitrogens with one attached hydrogen (secondary N) is 1. The van der Waals surface area contributed by atoms with E-state index in [4.69, 9.17) is 0 Å². The number of carboxylic acids is 1. The lowest BCUT2D eigenvalue weighted by molar-refractivity contribution is -0.145. The molecule has 0 heterocycles. The standard InChI is InChI=1S/C13H19NO2/c1-3-13(4-2,12(15)16)14-10-11-8-6-5-7-9-11/h5-9,14H,3-4,10H2,1-2H3,(H,15,16). The molecule has 0 aromatic heterocycles. The summed E-state index contributed by atoms with van der Waals surface area (Å²) in [5.74, 6) is -0.770. The van der Waals surface area contributed by atoms with E-state index >= 15 is 0 Å². The summed E-state index contributed by atoms with van der Waals surface area (Å²) >= 11 is 0. The molecule has 0 radical (unpaired) electrons. The highest BCUT2D eigenvalue weighted by atomic mass is 16.4. The lowest BCUT2D eigenvalue weighted by Crippen LogP contribution is -2.50. The monoisotopic (exact) mass is 221 g/mol. The minimum atomic E-state index is -0.796. The van der Waals surface area contributed by atoms with Crippen LogP contribution in [0, 0.1) is 0 Å². The van der Waals surface area contributed by atoms with Gasteiger partial charge in [0.2, 0.25) is 0 Å². The van der Waals surface area contributed by atoms with Crippen LogP contribution in [0.3, 0.4) is 0 Å². The highest BCUT2D eigenvalue weighted by Gasteiger charge is 2.33. The maximum Gasteiger partial charge on any atom is 0.323 e. The summed E-state index contributed by atoms with van der Waals surface area (Å²) in [6, 6.07) is 9.85. The predicted molar refractivity (Wildman–Crippen MR) is 64.2 cm³/mol. The lowest BCUT2D eigenvalue weighted by Gasteiger charge is -2.28. The van der Waals surface area contributed by atoms with Gasteiger partial charge in [-0.25, -0.2) is 0 Å². The average molecular weight is 221 g/mol. The Morgan fingerprint density at radius 1 is 1.25 bits per heavy atom. The molecule has 88 valence electrons. The molecule has 0 aliphatic rings. The van der Waals surface area contributed by atoms with Gasteiger partial charge in [-0.2, -0.15) is 0 Å². The van der Waals surface area contributed by atoms with Crippen LogP contribution in [0.4, 0.5) is 0 Å². The van der Waals surface area contributed by atoms with E-state index in [1.807, 2.05) is 44.2 Å². The molecule has 2 N–H and O–H groups in total. The van der Waals surface area contributed by atoms with Crippen LogP contribution in [0.5, 0.6) is 0 Å². The summed E-state index contributed by atoms with van der Waals surface area (Å²) in [5, 5.41) is 12.4. The number of carbonyl (C=O) groups is 1. The van der Waals surface area contributed by atoms with Crippen LogP contribution in [0.2, 0.25) is 0 Å². The van der Waals surface area contributed by atoms with Crippen molar-refractivity contribution >= 4 is 5.97 Å². The van der Waals surface area contributed by atoms with Crippen molar-refractivity contribution in [3.05, 3.63) is 35.9 Å². The summed E-state index contributed by atoms with van der Waals surface area (Å²) < 4.78 is 0. The minimum Gasteiger partial charge on any atom is -0.480 e. The van der Waals surface area contributed by atoms with E-state index in [-0.39, 0.29) is 0 Å². The van der Waals surface area contributed by atoms with Crippen molar-refractivity contribution in [1.82, 2.24) is 5.32 Å². The number of benzene rings is 1. The first-order valence-corrected chi connectivity index (χ1v) is 5.67. The second-order valence-electron chi connectivity index (χ2n) is 3.93. The summed E-state index contributed by atoms with van der Waals surface area (Å²) in [4.78, 5) is 11.2. The van der Waals surface area contributed by atoms with Gasteiger partial charge in [0.25, 0.3) is 0 Å². The largest absolute Gasteiger partial charge is 0.480 e. The van der Waals surface area contributed by atoms with Crippen molar-refractivity contribution in [1.29, 1.82) is 0 Å². The lowest BCUT2D eigenvalue weighted by atomic mass is 9.92. The zero-order chi connectivity index (χ0) is 12.0. The molecule has 3 heteroatoms. The molecule has 3 nitrogen and oxygen atoms in total. The molecule has 0 amide bonds.